The minimum atomic E-state index is -3.77. The van der Waals surface area contributed by atoms with Crippen LogP contribution >= 0.6 is 22.9 Å². The molecule has 2 aliphatic heterocycles. The minimum Gasteiger partial charge on any atom is -0.354 e. The van der Waals surface area contributed by atoms with Crippen molar-refractivity contribution in [1.82, 2.24) is 15.5 Å². The first-order chi connectivity index (χ1) is 14.9. The number of carbonyl (C=O) groups excluding carboxylic acids is 1. The Morgan fingerprint density at radius 3 is 2.77 bits per heavy atom. The van der Waals surface area contributed by atoms with Crippen molar-refractivity contribution in [2.75, 3.05) is 26.2 Å². The average Bonchev–Trinajstić information content (AvgIpc) is 3.18. The summed E-state index contributed by atoms with van der Waals surface area (Å²) in [5.74, 6) is -0.156. The molecule has 2 N–H and O–H groups in total. The standard InChI is InChI=1S/C22H22ClN3O3S2/c23-18-4-3-15-10-21(30-19(15)11-18)31(28,29)22(26-8-7-25-20(27)13-26)16-1-2-17-12-24-6-5-14(17)9-16/h1-4,9-11,22,24H,5-8,12-13H2,(H,25,27). The molecule has 1 atom stereocenters. The van der Waals surface area contributed by atoms with Crippen LogP contribution in [0.2, 0.25) is 5.02 Å². The number of nitrogens with one attached hydrogen (secondary N) is 2. The number of halogens is 1. The molecule has 1 unspecified atom stereocenters. The van der Waals surface area contributed by atoms with Crippen molar-refractivity contribution < 1.29 is 13.2 Å². The number of benzene rings is 2. The average molecular weight is 476 g/mol. The summed E-state index contributed by atoms with van der Waals surface area (Å²) in [5, 5.41) is 6.64. The highest BCUT2D eigenvalue weighted by molar-refractivity contribution is 7.93. The van der Waals surface area contributed by atoms with Crippen molar-refractivity contribution in [3.8, 4) is 0 Å². The summed E-state index contributed by atoms with van der Waals surface area (Å²) in [7, 11) is -3.77. The van der Waals surface area contributed by atoms with Gasteiger partial charge in [-0.15, -0.1) is 11.3 Å². The molecule has 1 aromatic heterocycles. The summed E-state index contributed by atoms with van der Waals surface area (Å²) in [6, 6.07) is 13.0. The molecule has 3 heterocycles. The lowest BCUT2D eigenvalue weighted by molar-refractivity contribution is -0.124. The number of nitrogens with zero attached hydrogens (tertiary/aromatic N) is 1. The Morgan fingerprint density at radius 2 is 1.94 bits per heavy atom. The Bertz CT molecular complexity index is 1270. The zero-order chi connectivity index (χ0) is 21.6. The summed E-state index contributed by atoms with van der Waals surface area (Å²) < 4.78 is 29.0. The van der Waals surface area contributed by atoms with Crippen LogP contribution in [-0.2, 0) is 27.6 Å². The first-order valence-electron chi connectivity index (χ1n) is 10.2. The van der Waals surface area contributed by atoms with Crippen molar-refractivity contribution in [2.45, 2.75) is 22.5 Å². The van der Waals surface area contributed by atoms with E-state index in [0.717, 1.165) is 29.6 Å². The van der Waals surface area contributed by atoms with Gasteiger partial charge in [-0.1, -0.05) is 35.9 Å². The molecule has 9 heteroatoms. The number of amides is 1. The SMILES string of the molecule is O=C1CN(C(c2ccc3c(c2)CCNC3)S(=O)(=O)c2cc3ccc(Cl)cc3s2)CCN1. The van der Waals surface area contributed by atoms with Gasteiger partial charge in [-0.2, -0.15) is 0 Å². The molecule has 5 rings (SSSR count). The maximum Gasteiger partial charge on any atom is 0.234 e. The highest BCUT2D eigenvalue weighted by Crippen LogP contribution is 2.39. The van der Waals surface area contributed by atoms with Crippen LogP contribution in [0.25, 0.3) is 10.1 Å². The number of carbonyl (C=O) groups is 1. The van der Waals surface area contributed by atoms with Crippen molar-refractivity contribution in [3.05, 3.63) is 64.2 Å². The van der Waals surface area contributed by atoms with Crippen molar-refractivity contribution >= 4 is 48.8 Å². The largest absolute Gasteiger partial charge is 0.354 e. The first-order valence-corrected chi connectivity index (χ1v) is 12.9. The number of hydrogen-bond donors (Lipinski definition) is 2. The molecule has 0 bridgehead atoms. The van der Waals surface area contributed by atoms with E-state index in [9.17, 15) is 13.2 Å². The van der Waals surface area contributed by atoms with E-state index in [4.69, 9.17) is 11.6 Å². The molecular formula is C22H22ClN3O3S2. The fourth-order valence-electron chi connectivity index (χ4n) is 4.33. The summed E-state index contributed by atoms with van der Waals surface area (Å²) in [5.41, 5.74) is 3.07. The number of thiophene rings is 1. The van der Waals surface area contributed by atoms with Crippen molar-refractivity contribution in [1.29, 1.82) is 0 Å². The van der Waals surface area contributed by atoms with Crippen LogP contribution in [0.3, 0.4) is 0 Å². The van der Waals surface area contributed by atoms with E-state index < -0.39 is 15.2 Å². The van der Waals surface area contributed by atoms with Gasteiger partial charge in [-0.05, 0) is 53.2 Å². The Morgan fingerprint density at radius 1 is 1.06 bits per heavy atom. The van der Waals surface area contributed by atoms with Gasteiger partial charge in [0.1, 0.15) is 9.58 Å². The van der Waals surface area contributed by atoms with E-state index in [-0.39, 0.29) is 12.5 Å². The molecule has 0 spiro atoms. The van der Waals surface area contributed by atoms with Gasteiger partial charge in [0.25, 0.3) is 0 Å². The second-order valence-electron chi connectivity index (χ2n) is 7.92. The second-order valence-corrected chi connectivity index (χ2v) is 11.7. The van der Waals surface area contributed by atoms with E-state index in [1.165, 1.54) is 22.5 Å². The van der Waals surface area contributed by atoms with Crippen molar-refractivity contribution in [3.63, 3.8) is 0 Å². The molecule has 0 radical (unpaired) electrons. The normalized spacial score (nSPS) is 18.5. The van der Waals surface area contributed by atoms with Crippen LogP contribution in [0.4, 0.5) is 0 Å². The minimum absolute atomic E-state index is 0.0548. The zero-order valence-electron chi connectivity index (χ0n) is 16.7. The highest BCUT2D eigenvalue weighted by Gasteiger charge is 2.38. The van der Waals surface area contributed by atoms with Gasteiger partial charge in [0.05, 0.1) is 6.54 Å². The van der Waals surface area contributed by atoms with E-state index >= 15 is 0 Å². The molecule has 31 heavy (non-hydrogen) atoms. The molecule has 1 saturated heterocycles. The van der Waals surface area contributed by atoms with E-state index in [1.807, 2.05) is 24.3 Å². The third-order valence-electron chi connectivity index (χ3n) is 5.84. The fraction of sp³-hybridized carbons (Fsp3) is 0.318. The Hall–Kier alpha value is -1.97. The Kier molecular flexibility index (Phi) is 5.52. The lowest BCUT2D eigenvalue weighted by Gasteiger charge is -2.34. The monoisotopic (exact) mass is 475 g/mol. The number of hydrogen-bond acceptors (Lipinski definition) is 6. The molecule has 0 aliphatic carbocycles. The van der Waals surface area contributed by atoms with E-state index in [2.05, 4.69) is 10.6 Å². The molecule has 162 valence electrons. The number of piperazine rings is 1. The topological polar surface area (TPSA) is 78.5 Å². The van der Waals surface area contributed by atoms with Gasteiger partial charge in [0.2, 0.25) is 15.7 Å². The first kappa shape index (κ1) is 20.9. The molecule has 3 aromatic rings. The molecule has 2 aromatic carbocycles. The van der Waals surface area contributed by atoms with Crippen molar-refractivity contribution in [2.24, 2.45) is 0 Å². The molecule has 1 amide bonds. The maximum absolute atomic E-state index is 14.0. The Balaban J connectivity index is 1.62. The highest BCUT2D eigenvalue weighted by atomic mass is 35.5. The van der Waals surface area contributed by atoms with Gasteiger partial charge in [-0.25, -0.2) is 8.42 Å². The summed E-state index contributed by atoms with van der Waals surface area (Å²) in [6.07, 6.45) is 0.859. The third-order valence-corrected chi connectivity index (χ3v) is 9.75. The zero-order valence-corrected chi connectivity index (χ0v) is 19.1. The predicted molar refractivity (Wildman–Crippen MR) is 123 cm³/mol. The van der Waals surface area contributed by atoms with E-state index in [1.54, 1.807) is 23.1 Å². The maximum atomic E-state index is 14.0. The van der Waals surface area contributed by atoms with Gasteiger partial charge >= 0.3 is 0 Å². The number of fused-ring (bicyclic) bond motifs is 2. The van der Waals surface area contributed by atoms with Gasteiger partial charge in [0, 0.05) is 29.4 Å². The van der Waals surface area contributed by atoms with Crippen LogP contribution in [0.5, 0.6) is 0 Å². The van der Waals surface area contributed by atoms with Crippen LogP contribution in [0, 0.1) is 0 Å². The summed E-state index contributed by atoms with van der Waals surface area (Å²) in [4.78, 5) is 13.9. The third kappa shape index (κ3) is 3.99. The van der Waals surface area contributed by atoms with Crippen LogP contribution in [0.15, 0.2) is 46.7 Å². The second kappa shape index (κ2) is 8.18. The van der Waals surface area contributed by atoms with Gasteiger partial charge in [-0.3, -0.25) is 9.69 Å². The number of sulfone groups is 1. The fourth-order valence-corrected chi connectivity index (χ4v) is 7.99. The summed E-state index contributed by atoms with van der Waals surface area (Å²) in [6.45, 7) is 2.62. The van der Waals surface area contributed by atoms with Crippen LogP contribution in [-0.4, -0.2) is 45.4 Å². The molecular weight excluding hydrogens is 454 g/mol. The predicted octanol–water partition coefficient (Wildman–Crippen LogP) is 3.10. The van der Waals surface area contributed by atoms with Crippen LogP contribution < -0.4 is 10.6 Å². The molecule has 0 saturated carbocycles. The lowest BCUT2D eigenvalue weighted by atomic mass is 9.98. The lowest BCUT2D eigenvalue weighted by Crippen LogP contribution is -2.50. The van der Waals surface area contributed by atoms with Crippen LogP contribution in [0.1, 0.15) is 22.1 Å². The van der Waals surface area contributed by atoms with Gasteiger partial charge in [0.15, 0.2) is 0 Å². The van der Waals surface area contributed by atoms with E-state index in [0.29, 0.717) is 27.9 Å². The molecule has 6 nitrogen and oxygen atoms in total. The summed E-state index contributed by atoms with van der Waals surface area (Å²) >= 11 is 7.33. The smallest absolute Gasteiger partial charge is 0.234 e. The quantitative estimate of drug-likeness (QED) is 0.606. The Labute approximate surface area is 190 Å². The molecule has 1 fully saturated rings. The van der Waals surface area contributed by atoms with Gasteiger partial charge < -0.3 is 10.6 Å². The molecule has 2 aliphatic rings. The number of rotatable bonds is 4.